The number of rotatable bonds is 8. The van der Waals surface area contributed by atoms with Gasteiger partial charge in [-0.3, -0.25) is 0 Å². The van der Waals surface area contributed by atoms with Gasteiger partial charge in [0.25, 0.3) is 0 Å². The predicted molar refractivity (Wildman–Crippen MR) is 75.1 cm³/mol. The van der Waals surface area contributed by atoms with Crippen molar-refractivity contribution >= 4 is 0 Å². The van der Waals surface area contributed by atoms with Crippen molar-refractivity contribution in [3.8, 4) is 5.75 Å². The summed E-state index contributed by atoms with van der Waals surface area (Å²) in [6, 6.07) is 7.11. The smallest absolute Gasteiger partial charge is 0.119 e. The van der Waals surface area contributed by atoms with Crippen LogP contribution in [0.15, 0.2) is 24.3 Å². The molecule has 0 saturated carbocycles. The number of hydrogen-bond acceptors (Lipinski definition) is 5. The van der Waals surface area contributed by atoms with Crippen LogP contribution in [0.25, 0.3) is 0 Å². The molecule has 0 aromatic heterocycles. The van der Waals surface area contributed by atoms with Crippen LogP contribution in [0.3, 0.4) is 0 Å². The second kappa shape index (κ2) is 8.12. The zero-order chi connectivity index (χ0) is 14.3. The Kier molecular flexibility index (Phi) is 6.80. The molecule has 1 rings (SSSR count). The molecule has 0 aliphatic heterocycles. The lowest BCUT2D eigenvalue weighted by atomic mass is 10.0. The number of benzene rings is 1. The molecule has 1 aromatic carbocycles. The van der Waals surface area contributed by atoms with Crippen molar-refractivity contribution in [3.63, 3.8) is 0 Å². The van der Waals surface area contributed by atoms with Crippen molar-refractivity contribution in [2.45, 2.75) is 18.6 Å². The van der Waals surface area contributed by atoms with Gasteiger partial charge in [-0.2, -0.15) is 0 Å². The number of likely N-dealkylation sites (N-methyl/N-ethyl adjacent to an activating group) is 1. The highest BCUT2D eigenvalue weighted by atomic mass is 16.5. The molecule has 0 fully saturated rings. The van der Waals surface area contributed by atoms with Crippen LogP contribution in [0.2, 0.25) is 0 Å². The zero-order valence-corrected chi connectivity index (χ0v) is 11.6. The highest BCUT2D eigenvalue weighted by Crippen LogP contribution is 2.21. The van der Waals surface area contributed by atoms with Crippen molar-refractivity contribution in [2.75, 3.05) is 33.8 Å². The monoisotopic (exact) mass is 268 g/mol. The van der Waals surface area contributed by atoms with Gasteiger partial charge in [0, 0.05) is 6.54 Å². The van der Waals surface area contributed by atoms with Crippen LogP contribution in [-0.4, -0.2) is 55.0 Å². The third kappa shape index (κ3) is 5.57. The van der Waals surface area contributed by atoms with Crippen LogP contribution < -0.4 is 10.5 Å². The summed E-state index contributed by atoms with van der Waals surface area (Å²) in [6.45, 7) is 1.81. The van der Waals surface area contributed by atoms with E-state index in [1.165, 1.54) is 0 Å². The minimum absolute atomic E-state index is 0.351. The standard InChI is InChI=1S/C14H24N2O3/c1-16(2)9-10-19-12-5-3-11(4-6-12)14(18)13(17)7-8-15/h3-6,13-14,17-18H,7-10,15H2,1-2H3. The van der Waals surface area contributed by atoms with Crippen LogP contribution in [0.5, 0.6) is 5.75 Å². The third-order valence-electron chi connectivity index (χ3n) is 2.86. The van der Waals surface area contributed by atoms with E-state index in [0.29, 0.717) is 25.1 Å². The average molecular weight is 268 g/mol. The summed E-state index contributed by atoms with van der Waals surface area (Å²) in [5.41, 5.74) is 6.02. The maximum atomic E-state index is 9.91. The Labute approximate surface area is 114 Å². The lowest BCUT2D eigenvalue weighted by Gasteiger charge is -2.18. The predicted octanol–water partition coefficient (Wildman–Crippen LogP) is 0.370. The Balaban J connectivity index is 2.51. The fourth-order valence-electron chi connectivity index (χ4n) is 1.66. The van der Waals surface area contributed by atoms with E-state index in [2.05, 4.69) is 0 Å². The lowest BCUT2D eigenvalue weighted by Crippen LogP contribution is -2.21. The molecule has 5 nitrogen and oxygen atoms in total. The Bertz CT molecular complexity index is 354. The molecule has 0 aliphatic rings. The SMILES string of the molecule is CN(C)CCOc1ccc(C(O)C(O)CCN)cc1. The minimum atomic E-state index is -0.903. The molecule has 19 heavy (non-hydrogen) atoms. The first-order chi connectivity index (χ1) is 9.04. The van der Waals surface area contributed by atoms with E-state index in [4.69, 9.17) is 10.5 Å². The summed E-state index contributed by atoms with van der Waals surface area (Å²) in [6.07, 6.45) is -1.35. The first-order valence-corrected chi connectivity index (χ1v) is 6.48. The molecule has 108 valence electrons. The normalized spacial score (nSPS) is 14.4. The minimum Gasteiger partial charge on any atom is -0.492 e. The van der Waals surface area contributed by atoms with E-state index in [0.717, 1.165) is 12.3 Å². The molecule has 0 saturated heterocycles. The van der Waals surface area contributed by atoms with Gasteiger partial charge in [-0.15, -0.1) is 0 Å². The van der Waals surface area contributed by atoms with Crippen molar-refractivity contribution in [1.82, 2.24) is 4.90 Å². The maximum Gasteiger partial charge on any atom is 0.119 e. The van der Waals surface area contributed by atoms with Gasteiger partial charge < -0.3 is 25.6 Å². The van der Waals surface area contributed by atoms with Crippen LogP contribution in [0.1, 0.15) is 18.1 Å². The zero-order valence-electron chi connectivity index (χ0n) is 11.6. The van der Waals surface area contributed by atoms with Crippen molar-refractivity contribution in [1.29, 1.82) is 0 Å². The molecule has 4 N–H and O–H groups in total. The number of aliphatic hydroxyl groups is 2. The number of aliphatic hydroxyl groups excluding tert-OH is 2. The number of ether oxygens (including phenoxy) is 1. The quantitative estimate of drug-likeness (QED) is 0.635. The van der Waals surface area contributed by atoms with Crippen LogP contribution in [0, 0.1) is 0 Å². The summed E-state index contributed by atoms with van der Waals surface area (Å²) in [5, 5.41) is 19.6. The molecule has 0 heterocycles. The summed E-state index contributed by atoms with van der Waals surface area (Å²) >= 11 is 0. The van der Waals surface area contributed by atoms with E-state index < -0.39 is 12.2 Å². The van der Waals surface area contributed by atoms with E-state index in [9.17, 15) is 10.2 Å². The average Bonchev–Trinajstić information content (AvgIpc) is 2.38. The number of nitrogens with zero attached hydrogens (tertiary/aromatic N) is 1. The van der Waals surface area contributed by atoms with Gasteiger partial charge in [0.1, 0.15) is 18.5 Å². The molecule has 5 heteroatoms. The first kappa shape index (κ1) is 15.9. The molecule has 0 bridgehead atoms. The van der Waals surface area contributed by atoms with E-state index >= 15 is 0 Å². The van der Waals surface area contributed by atoms with Gasteiger partial charge in [0.2, 0.25) is 0 Å². The summed E-state index contributed by atoms with van der Waals surface area (Å²) in [7, 11) is 3.98. The van der Waals surface area contributed by atoms with Crippen LogP contribution in [0.4, 0.5) is 0 Å². The summed E-state index contributed by atoms with van der Waals surface area (Å²) in [5.74, 6) is 0.756. The molecule has 2 atom stereocenters. The van der Waals surface area contributed by atoms with E-state index in [1.807, 2.05) is 19.0 Å². The molecule has 0 aliphatic carbocycles. The number of hydrogen-bond donors (Lipinski definition) is 3. The molecule has 0 amide bonds. The van der Waals surface area contributed by atoms with Crippen LogP contribution in [-0.2, 0) is 0 Å². The van der Waals surface area contributed by atoms with Crippen molar-refractivity contribution < 1.29 is 14.9 Å². The van der Waals surface area contributed by atoms with Crippen LogP contribution >= 0.6 is 0 Å². The molecule has 0 spiro atoms. The second-order valence-corrected chi connectivity index (χ2v) is 4.81. The molecular formula is C14H24N2O3. The number of nitrogens with two attached hydrogens (primary N) is 1. The Morgan fingerprint density at radius 1 is 1.21 bits per heavy atom. The van der Waals surface area contributed by atoms with Gasteiger partial charge in [0.15, 0.2) is 0 Å². The summed E-state index contributed by atoms with van der Waals surface area (Å²) in [4.78, 5) is 2.04. The molecular weight excluding hydrogens is 244 g/mol. The van der Waals surface area contributed by atoms with Crippen molar-refractivity contribution in [3.05, 3.63) is 29.8 Å². The molecule has 1 aromatic rings. The molecule has 0 radical (unpaired) electrons. The van der Waals surface area contributed by atoms with Gasteiger partial charge in [-0.1, -0.05) is 12.1 Å². The largest absolute Gasteiger partial charge is 0.492 e. The third-order valence-corrected chi connectivity index (χ3v) is 2.86. The lowest BCUT2D eigenvalue weighted by molar-refractivity contribution is 0.0150. The fraction of sp³-hybridized carbons (Fsp3) is 0.571. The molecule has 2 unspecified atom stereocenters. The second-order valence-electron chi connectivity index (χ2n) is 4.81. The van der Waals surface area contributed by atoms with Crippen molar-refractivity contribution in [2.24, 2.45) is 5.73 Å². The Morgan fingerprint density at radius 2 is 1.84 bits per heavy atom. The highest BCUT2D eigenvalue weighted by molar-refractivity contribution is 5.29. The van der Waals surface area contributed by atoms with Gasteiger partial charge >= 0.3 is 0 Å². The van der Waals surface area contributed by atoms with E-state index in [-0.39, 0.29) is 0 Å². The topological polar surface area (TPSA) is 79.0 Å². The summed E-state index contributed by atoms with van der Waals surface area (Å²) < 4.78 is 5.55. The maximum absolute atomic E-state index is 9.91. The highest BCUT2D eigenvalue weighted by Gasteiger charge is 2.17. The first-order valence-electron chi connectivity index (χ1n) is 6.48. The Morgan fingerprint density at radius 3 is 2.37 bits per heavy atom. The Hall–Kier alpha value is -1.14. The van der Waals surface area contributed by atoms with Gasteiger partial charge in [0.05, 0.1) is 6.10 Å². The van der Waals surface area contributed by atoms with E-state index in [1.54, 1.807) is 24.3 Å². The van der Waals surface area contributed by atoms with Gasteiger partial charge in [-0.25, -0.2) is 0 Å². The van der Waals surface area contributed by atoms with Gasteiger partial charge in [-0.05, 0) is 44.8 Å². The fourth-order valence-corrected chi connectivity index (χ4v) is 1.66.